The second-order valence-corrected chi connectivity index (χ2v) is 6.37. The van der Waals surface area contributed by atoms with Crippen molar-refractivity contribution in [2.45, 2.75) is 10.8 Å². The third-order valence-corrected chi connectivity index (χ3v) is 4.39. The number of hydrogen-bond acceptors (Lipinski definition) is 5. The summed E-state index contributed by atoms with van der Waals surface area (Å²) in [5.41, 5.74) is 0.0625. The molecule has 0 aliphatic carbocycles. The Morgan fingerprint density at radius 2 is 1.82 bits per heavy atom. The summed E-state index contributed by atoms with van der Waals surface area (Å²) < 4.78 is 20.8. The van der Waals surface area contributed by atoms with Gasteiger partial charge in [0.2, 0.25) is 0 Å². The lowest BCUT2D eigenvalue weighted by Gasteiger charge is -2.15. The standard InChI is InChI=1S/C9H10ClNO5S/c1-17(15,16)9(10)8(12)6-2-4-7(5-3-6)11(13)14/h2-5,8-9,12H,1H3/t8-,9+/m0/s1. The van der Waals surface area contributed by atoms with Gasteiger partial charge in [-0.15, -0.1) is 11.6 Å². The molecule has 0 aliphatic heterocycles. The second-order valence-electron chi connectivity index (χ2n) is 3.47. The number of nitro benzene ring substituents is 1. The molecule has 1 aromatic rings. The molecule has 0 aliphatic rings. The van der Waals surface area contributed by atoms with Crippen LogP contribution in [0.1, 0.15) is 11.7 Å². The number of halogens is 1. The quantitative estimate of drug-likeness (QED) is 0.508. The number of benzene rings is 1. The molecule has 0 bridgehead atoms. The fourth-order valence-electron chi connectivity index (χ4n) is 1.18. The fraction of sp³-hybridized carbons (Fsp3) is 0.333. The Morgan fingerprint density at radius 3 is 2.18 bits per heavy atom. The van der Waals surface area contributed by atoms with Gasteiger partial charge in [-0.2, -0.15) is 0 Å². The smallest absolute Gasteiger partial charge is 0.269 e. The molecule has 0 saturated heterocycles. The number of hydrogen-bond donors (Lipinski definition) is 1. The van der Waals surface area contributed by atoms with Crippen molar-refractivity contribution in [2.75, 3.05) is 6.26 Å². The summed E-state index contributed by atoms with van der Waals surface area (Å²) in [7, 11) is -3.60. The molecule has 2 atom stereocenters. The van der Waals surface area contributed by atoms with Gasteiger partial charge in [0.25, 0.3) is 5.69 Å². The van der Waals surface area contributed by atoms with E-state index in [4.69, 9.17) is 11.6 Å². The number of aliphatic hydroxyl groups excluding tert-OH is 1. The van der Waals surface area contributed by atoms with Gasteiger partial charge in [-0.1, -0.05) is 0 Å². The Hall–Kier alpha value is -1.18. The summed E-state index contributed by atoms with van der Waals surface area (Å²) in [6.45, 7) is 0. The molecular formula is C9H10ClNO5S. The normalized spacial score (nSPS) is 15.2. The molecule has 0 fully saturated rings. The molecule has 8 heteroatoms. The van der Waals surface area contributed by atoms with Crippen LogP contribution in [0.4, 0.5) is 5.69 Å². The summed E-state index contributed by atoms with van der Waals surface area (Å²) >= 11 is 5.57. The highest BCUT2D eigenvalue weighted by molar-refractivity contribution is 7.92. The molecule has 6 nitrogen and oxygen atoms in total. The van der Waals surface area contributed by atoms with E-state index in [1.807, 2.05) is 0 Å². The molecule has 0 unspecified atom stereocenters. The maximum absolute atomic E-state index is 11.1. The largest absolute Gasteiger partial charge is 0.386 e. The molecule has 0 aromatic heterocycles. The topological polar surface area (TPSA) is 97.5 Å². The minimum absolute atomic E-state index is 0.147. The first kappa shape index (κ1) is 13.9. The van der Waals surface area contributed by atoms with E-state index in [2.05, 4.69) is 0 Å². The van der Waals surface area contributed by atoms with Crippen LogP contribution in [0.2, 0.25) is 0 Å². The summed E-state index contributed by atoms with van der Waals surface area (Å²) in [6, 6.07) is 4.88. The van der Waals surface area contributed by atoms with E-state index in [9.17, 15) is 23.6 Å². The zero-order valence-corrected chi connectivity index (χ0v) is 10.4. The molecule has 0 heterocycles. The molecule has 94 valence electrons. The van der Waals surface area contributed by atoms with Crippen molar-refractivity contribution in [1.82, 2.24) is 0 Å². The maximum atomic E-state index is 11.1. The van der Waals surface area contributed by atoms with E-state index < -0.39 is 25.6 Å². The highest BCUT2D eigenvalue weighted by Gasteiger charge is 2.28. The van der Waals surface area contributed by atoms with Gasteiger partial charge >= 0.3 is 0 Å². The third kappa shape index (κ3) is 3.39. The minimum Gasteiger partial charge on any atom is -0.386 e. The monoisotopic (exact) mass is 279 g/mol. The molecule has 0 radical (unpaired) electrons. The van der Waals surface area contributed by atoms with Crippen molar-refractivity contribution >= 4 is 27.1 Å². The number of sulfone groups is 1. The number of rotatable bonds is 4. The number of nitro groups is 1. The van der Waals surface area contributed by atoms with Crippen LogP contribution in [0.3, 0.4) is 0 Å². The first-order valence-electron chi connectivity index (χ1n) is 4.49. The summed E-state index contributed by atoms with van der Waals surface area (Å²) in [5.74, 6) is 0. The van der Waals surface area contributed by atoms with E-state index in [0.29, 0.717) is 0 Å². The van der Waals surface area contributed by atoms with Gasteiger partial charge in [0, 0.05) is 18.4 Å². The van der Waals surface area contributed by atoms with Gasteiger partial charge < -0.3 is 5.11 Å². The van der Waals surface area contributed by atoms with Crippen LogP contribution in [0.5, 0.6) is 0 Å². The van der Waals surface area contributed by atoms with Gasteiger partial charge in [0.15, 0.2) is 14.5 Å². The first-order valence-corrected chi connectivity index (χ1v) is 6.88. The lowest BCUT2D eigenvalue weighted by molar-refractivity contribution is -0.384. The Morgan fingerprint density at radius 1 is 1.35 bits per heavy atom. The lowest BCUT2D eigenvalue weighted by Crippen LogP contribution is -2.21. The van der Waals surface area contributed by atoms with Crippen LogP contribution in [0.15, 0.2) is 24.3 Å². The third-order valence-electron chi connectivity index (χ3n) is 2.10. The second kappa shape index (κ2) is 4.99. The van der Waals surface area contributed by atoms with Crippen LogP contribution in [0.25, 0.3) is 0 Å². The molecule has 0 amide bonds. The van der Waals surface area contributed by atoms with E-state index >= 15 is 0 Å². The minimum atomic E-state index is -3.60. The van der Waals surface area contributed by atoms with Crippen molar-refractivity contribution in [3.8, 4) is 0 Å². The van der Waals surface area contributed by atoms with Crippen molar-refractivity contribution in [3.63, 3.8) is 0 Å². The molecular weight excluding hydrogens is 270 g/mol. The Bertz CT molecular complexity index is 513. The van der Waals surface area contributed by atoms with E-state index in [0.717, 1.165) is 6.26 Å². The van der Waals surface area contributed by atoms with Crippen LogP contribution >= 0.6 is 11.6 Å². The average Bonchev–Trinajstić information content (AvgIpc) is 2.26. The zero-order chi connectivity index (χ0) is 13.2. The average molecular weight is 280 g/mol. The summed E-state index contributed by atoms with van der Waals surface area (Å²) in [4.78, 5) is 9.80. The van der Waals surface area contributed by atoms with E-state index in [1.54, 1.807) is 0 Å². The number of aliphatic hydroxyl groups is 1. The molecule has 1 aromatic carbocycles. The SMILES string of the molecule is CS(=O)(=O)[C@@H](Cl)[C@@H](O)c1ccc([N+](=O)[O-])cc1. The van der Waals surface area contributed by atoms with Crippen molar-refractivity contribution < 1.29 is 18.4 Å². The lowest BCUT2D eigenvalue weighted by atomic mass is 10.1. The Labute approximate surface area is 103 Å². The van der Waals surface area contributed by atoms with Crippen molar-refractivity contribution in [1.29, 1.82) is 0 Å². The fourth-order valence-corrected chi connectivity index (χ4v) is 1.95. The highest BCUT2D eigenvalue weighted by atomic mass is 35.5. The van der Waals surface area contributed by atoms with Gasteiger partial charge in [0.1, 0.15) is 6.10 Å². The zero-order valence-electron chi connectivity index (χ0n) is 8.78. The maximum Gasteiger partial charge on any atom is 0.269 e. The molecule has 1 rings (SSSR count). The first-order chi connectivity index (χ1) is 7.73. The van der Waals surface area contributed by atoms with Crippen LogP contribution in [0, 0.1) is 10.1 Å². The molecule has 17 heavy (non-hydrogen) atoms. The van der Waals surface area contributed by atoms with E-state index in [1.165, 1.54) is 24.3 Å². The molecule has 0 spiro atoms. The van der Waals surface area contributed by atoms with Gasteiger partial charge in [-0.25, -0.2) is 8.42 Å². The Balaban J connectivity index is 2.98. The van der Waals surface area contributed by atoms with Crippen LogP contribution in [-0.2, 0) is 9.84 Å². The van der Waals surface area contributed by atoms with Gasteiger partial charge in [-0.3, -0.25) is 10.1 Å². The van der Waals surface area contributed by atoms with Gasteiger partial charge in [-0.05, 0) is 17.7 Å². The molecule has 1 N–H and O–H groups in total. The predicted octanol–water partition coefficient (Wildman–Crippen LogP) is 1.24. The Kier molecular flexibility index (Phi) is 4.07. The van der Waals surface area contributed by atoms with Crippen molar-refractivity contribution in [2.24, 2.45) is 0 Å². The van der Waals surface area contributed by atoms with Crippen molar-refractivity contribution in [3.05, 3.63) is 39.9 Å². The van der Waals surface area contributed by atoms with Gasteiger partial charge in [0.05, 0.1) is 4.92 Å². The summed E-state index contributed by atoms with van der Waals surface area (Å²) in [5, 5.41) is 20.1. The van der Waals surface area contributed by atoms with E-state index in [-0.39, 0.29) is 11.3 Å². The predicted molar refractivity (Wildman–Crippen MR) is 62.5 cm³/mol. The van der Waals surface area contributed by atoms with Crippen LogP contribution in [-0.4, -0.2) is 29.4 Å². The number of alkyl halides is 1. The highest BCUT2D eigenvalue weighted by Crippen LogP contribution is 2.26. The summed E-state index contributed by atoms with van der Waals surface area (Å²) in [6.07, 6.45) is -0.522. The molecule has 0 saturated carbocycles. The van der Waals surface area contributed by atoms with Crippen LogP contribution < -0.4 is 0 Å². The number of nitrogens with zero attached hydrogens (tertiary/aromatic N) is 1. The number of non-ortho nitro benzene ring substituents is 1.